The normalized spacial score (nSPS) is 19.0. The molecule has 29 heavy (non-hydrogen) atoms. The van der Waals surface area contributed by atoms with Gasteiger partial charge in [0.25, 0.3) is 0 Å². The van der Waals surface area contributed by atoms with Crippen LogP contribution in [0.5, 0.6) is 0 Å². The summed E-state index contributed by atoms with van der Waals surface area (Å²) in [5.74, 6) is -1.62. The zero-order chi connectivity index (χ0) is 22.2. The van der Waals surface area contributed by atoms with E-state index in [1.165, 1.54) is 25.3 Å². The van der Waals surface area contributed by atoms with Crippen molar-refractivity contribution in [3.05, 3.63) is 37.0 Å². The van der Waals surface area contributed by atoms with Crippen molar-refractivity contribution in [3.8, 4) is 0 Å². The topological polar surface area (TPSA) is 120 Å². The van der Waals surface area contributed by atoms with Crippen molar-refractivity contribution < 1.29 is 37.0 Å². The number of hydrogen-bond acceptors (Lipinski definition) is 8. The SMILES string of the molecule is C=CCOC(=O)N(C(=O)OCC=C)N([C@@H]1C=C(C)CC[C@H]1C(=O)OC)S(C)(=O)=O. The average Bonchev–Trinajstić information content (AvgIpc) is 2.66. The van der Waals surface area contributed by atoms with Gasteiger partial charge in [-0.25, -0.2) is 18.0 Å². The highest BCUT2D eigenvalue weighted by atomic mass is 32.2. The van der Waals surface area contributed by atoms with Crippen molar-refractivity contribution in [3.63, 3.8) is 0 Å². The Labute approximate surface area is 170 Å². The molecule has 0 aromatic heterocycles. The average molecular weight is 430 g/mol. The molecule has 0 aromatic carbocycles. The van der Waals surface area contributed by atoms with Crippen molar-refractivity contribution in [1.82, 2.24) is 9.42 Å². The molecule has 1 aliphatic carbocycles. The van der Waals surface area contributed by atoms with Gasteiger partial charge in [0.15, 0.2) is 0 Å². The Balaban J connectivity index is 3.54. The summed E-state index contributed by atoms with van der Waals surface area (Å²) in [5.41, 5.74) is 0.780. The Morgan fingerprint density at radius 3 is 2.10 bits per heavy atom. The third kappa shape index (κ3) is 6.43. The van der Waals surface area contributed by atoms with E-state index in [2.05, 4.69) is 13.2 Å². The molecule has 162 valence electrons. The molecule has 0 aliphatic heterocycles. The first-order chi connectivity index (χ1) is 13.6. The fourth-order valence-electron chi connectivity index (χ4n) is 2.79. The van der Waals surface area contributed by atoms with Gasteiger partial charge in [-0.15, -0.1) is 5.01 Å². The van der Waals surface area contributed by atoms with E-state index in [0.717, 1.165) is 11.8 Å². The second-order valence-electron chi connectivity index (χ2n) is 6.25. The zero-order valence-corrected chi connectivity index (χ0v) is 17.5. The van der Waals surface area contributed by atoms with E-state index in [1.807, 2.05) is 0 Å². The van der Waals surface area contributed by atoms with Crippen LogP contribution in [0, 0.1) is 5.92 Å². The molecular weight excluding hydrogens is 404 g/mol. The first-order valence-corrected chi connectivity index (χ1v) is 10.5. The largest absolute Gasteiger partial charge is 0.469 e. The maximum atomic E-state index is 12.6. The molecule has 0 N–H and O–H groups in total. The van der Waals surface area contributed by atoms with Crippen molar-refractivity contribution in [2.75, 3.05) is 26.6 Å². The molecule has 10 nitrogen and oxygen atoms in total. The molecule has 2 amide bonds. The van der Waals surface area contributed by atoms with Crippen LogP contribution in [0.1, 0.15) is 19.8 Å². The van der Waals surface area contributed by atoms with Gasteiger partial charge in [0.05, 0.1) is 25.3 Å². The number of nitrogens with zero attached hydrogens (tertiary/aromatic N) is 2. The molecule has 0 spiro atoms. The van der Waals surface area contributed by atoms with Crippen LogP contribution in [0.4, 0.5) is 9.59 Å². The van der Waals surface area contributed by atoms with Crippen molar-refractivity contribution in [1.29, 1.82) is 0 Å². The monoisotopic (exact) mass is 430 g/mol. The van der Waals surface area contributed by atoms with Gasteiger partial charge in [-0.05, 0) is 19.8 Å². The Bertz CT molecular complexity index is 766. The van der Waals surface area contributed by atoms with Gasteiger partial charge >= 0.3 is 18.2 Å². The van der Waals surface area contributed by atoms with E-state index >= 15 is 0 Å². The number of ether oxygens (including phenoxy) is 3. The molecule has 0 fully saturated rings. The lowest BCUT2D eigenvalue weighted by atomic mass is 9.86. The van der Waals surface area contributed by atoms with Crippen LogP contribution in [0.15, 0.2) is 37.0 Å². The van der Waals surface area contributed by atoms with Crippen LogP contribution in [0.3, 0.4) is 0 Å². The Morgan fingerprint density at radius 1 is 1.17 bits per heavy atom. The molecule has 1 rings (SSSR count). The number of hydrazine groups is 1. The lowest BCUT2D eigenvalue weighted by Gasteiger charge is -2.38. The predicted octanol–water partition coefficient (Wildman–Crippen LogP) is 2.01. The Morgan fingerprint density at radius 2 is 1.69 bits per heavy atom. The van der Waals surface area contributed by atoms with Gasteiger partial charge in [-0.3, -0.25) is 4.79 Å². The first kappa shape index (κ1) is 24.4. The van der Waals surface area contributed by atoms with E-state index in [-0.39, 0.29) is 24.6 Å². The summed E-state index contributed by atoms with van der Waals surface area (Å²) in [7, 11) is -3.08. The summed E-state index contributed by atoms with van der Waals surface area (Å²) in [6.45, 7) is 7.99. The number of sulfonamides is 1. The van der Waals surface area contributed by atoms with Crippen molar-refractivity contribution >= 4 is 28.2 Å². The van der Waals surface area contributed by atoms with Gasteiger partial charge in [0.1, 0.15) is 13.2 Å². The third-order valence-electron chi connectivity index (χ3n) is 4.01. The van der Waals surface area contributed by atoms with E-state index in [9.17, 15) is 22.8 Å². The van der Waals surface area contributed by atoms with Gasteiger partial charge in [-0.1, -0.05) is 41.4 Å². The summed E-state index contributed by atoms with van der Waals surface area (Å²) in [5, 5.41) is 0.220. The van der Waals surface area contributed by atoms with Gasteiger partial charge in [-0.2, -0.15) is 0 Å². The standard InChI is InChI=1S/C18H26N2O8S/c1-6-10-27-17(22)19(18(23)28-11-7-2)20(29(5,24)25)15-12-13(3)8-9-14(15)16(21)26-4/h6-7,12,14-15H,1-2,8-11H2,3-5H3/t14-,15-/m1/s1. The van der Waals surface area contributed by atoms with Gasteiger partial charge in [0, 0.05) is 0 Å². The van der Waals surface area contributed by atoms with Crippen molar-refractivity contribution in [2.45, 2.75) is 25.8 Å². The number of esters is 1. The number of carbonyl (C=O) groups is 3. The number of imide groups is 1. The maximum absolute atomic E-state index is 12.6. The van der Waals surface area contributed by atoms with Crippen LogP contribution in [-0.2, 0) is 29.0 Å². The second-order valence-corrected chi connectivity index (χ2v) is 8.09. The van der Waals surface area contributed by atoms with E-state index < -0.39 is 40.1 Å². The lowest BCUT2D eigenvalue weighted by Crippen LogP contribution is -2.59. The van der Waals surface area contributed by atoms with Crippen molar-refractivity contribution in [2.24, 2.45) is 5.92 Å². The zero-order valence-electron chi connectivity index (χ0n) is 16.7. The van der Waals surface area contributed by atoms with E-state index in [4.69, 9.17) is 14.2 Å². The molecule has 11 heteroatoms. The molecule has 0 unspecified atom stereocenters. The fourth-order valence-corrected chi connectivity index (χ4v) is 3.87. The highest BCUT2D eigenvalue weighted by molar-refractivity contribution is 7.88. The van der Waals surface area contributed by atoms with Gasteiger partial charge < -0.3 is 14.2 Å². The van der Waals surface area contributed by atoms with Crippen LogP contribution in [0.25, 0.3) is 0 Å². The summed E-state index contributed by atoms with van der Waals surface area (Å²) >= 11 is 0. The summed E-state index contributed by atoms with van der Waals surface area (Å²) < 4.78 is 40.3. The second kappa shape index (κ2) is 10.8. The quantitative estimate of drug-likeness (QED) is 0.248. The number of rotatable bonds is 8. The molecule has 0 radical (unpaired) electrons. The summed E-state index contributed by atoms with van der Waals surface area (Å²) in [4.78, 5) is 37.4. The van der Waals surface area contributed by atoms with Crippen LogP contribution >= 0.6 is 0 Å². The molecular formula is C18H26N2O8S. The number of methoxy groups -OCH3 is 1. The fraction of sp³-hybridized carbons (Fsp3) is 0.500. The number of hydrogen-bond donors (Lipinski definition) is 0. The Hall–Kier alpha value is -2.66. The molecule has 0 heterocycles. The van der Waals surface area contributed by atoms with E-state index in [1.54, 1.807) is 6.92 Å². The first-order valence-electron chi connectivity index (χ1n) is 8.68. The van der Waals surface area contributed by atoms with E-state index in [0.29, 0.717) is 10.8 Å². The highest BCUT2D eigenvalue weighted by Gasteiger charge is 2.46. The van der Waals surface area contributed by atoms with Crippen LogP contribution in [-0.4, -0.2) is 68.6 Å². The van der Waals surface area contributed by atoms with Gasteiger partial charge in [0.2, 0.25) is 10.0 Å². The molecule has 0 saturated carbocycles. The maximum Gasteiger partial charge on any atom is 0.435 e. The molecule has 0 aromatic rings. The molecule has 0 saturated heterocycles. The molecule has 2 atom stereocenters. The third-order valence-corrected chi connectivity index (χ3v) is 5.09. The minimum Gasteiger partial charge on any atom is -0.469 e. The summed E-state index contributed by atoms with van der Waals surface area (Å²) in [6.07, 6.45) is 2.98. The minimum atomic E-state index is -4.25. The van der Waals surface area contributed by atoms with Crippen LogP contribution in [0.2, 0.25) is 0 Å². The smallest absolute Gasteiger partial charge is 0.435 e. The minimum absolute atomic E-state index is 0.220. The number of allylic oxidation sites excluding steroid dienone is 1. The Kier molecular flexibility index (Phi) is 9.05. The lowest BCUT2D eigenvalue weighted by molar-refractivity contribution is -0.148. The highest BCUT2D eigenvalue weighted by Crippen LogP contribution is 2.31. The number of amides is 2. The van der Waals surface area contributed by atoms with Crippen LogP contribution < -0.4 is 0 Å². The molecule has 1 aliphatic rings. The number of carbonyl (C=O) groups excluding carboxylic acids is 3. The molecule has 0 bridgehead atoms. The summed E-state index contributed by atoms with van der Waals surface area (Å²) in [6, 6.07) is -1.20. The predicted molar refractivity (Wildman–Crippen MR) is 104 cm³/mol.